The number of aromatic carboxylic acids is 1. The van der Waals surface area contributed by atoms with Crippen molar-refractivity contribution < 1.29 is 23.1 Å². The molecule has 4 rings (SSSR count). The Balaban J connectivity index is 1.79. The van der Waals surface area contributed by atoms with Crippen LogP contribution in [0.4, 0.5) is 14.5 Å². The number of carboxylic acids is 1. The van der Waals surface area contributed by atoms with Gasteiger partial charge in [0.1, 0.15) is 11.3 Å². The van der Waals surface area contributed by atoms with Gasteiger partial charge in [0, 0.05) is 22.9 Å². The largest absolute Gasteiger partial charge is 0.478 e. The molecule has 2 aromatic carbocycles. The highest BCUT2D eigenvalue weighted by atomic mass is 19.3. The van der Waals surface area contributed by atoms with Gasteiger partial charge >= 0.3 is 5.97 Å². The van der Waals surface area contributed by atoms with Crippen LogP contribution in [0.5, 0.6) is 0 Å². The Bertz CT molecular complexity index is 1420. The lowest BCUT2D eigenvalue weighted by molar-refractivity contribution is 0.0698. The van der Waals surface area contributed by atoms with Gasteiger partial charge in [0.2, 0.25) is 0 Å². The van der Waals surface area contributed by atoms with Crippen molar-refractivity contribution in [2.45, 2.75) is 32.7 Å². The van der Waals surface area contributed by atoms with Gasteiger partial charge in [-0.1, -0.05) is 42.5 Å². The van der Waals surface area contributed by atoms with Crippen LogP contribution in [0.1, 0.15) is 46.6 Å². The molecule has 0 radical (unpaired) electrons. The smallest absolute Gasteiger partial charge is 0.337 e. The predicted octanol–water partition coefficient (Wildman–Crippen LogP) is 6.51. The van der Waals surface area contributed by atoms with Gasteiger partial charge in [-0.3, -0.25) is 4.79 Å². The van der Waals surface area contributed by atoms with Crippen molar-refractivity contribution in [1.82, 2.24) is 0 Å². The fourth-order valence-corrected chi connectivity index (χ4v) is 3.99. The zero-order valence-electron chi connectivity index (χ0n) is 18.6. The summed E-state index contributed by atoms with van der Waals surface area (Å²) < 4.78 is 32.4. The fraction of sp³-hybridized carbons (Fsp3) is 0.185. The summed E-state index contributed by atoms with van der Waals surface area (Å²) in [5, 5.41) is 13.1. The Hall–Kier alpha value is -4.00. The van der Waals surface area contributed by atoms with Crippen molar-refractivity contribution >= 4 is 28.2 Å². The van der Waals surface area contributed by atoms with E-state index in [-0.39, 0.29) is 28.7 Å². The summed E-state index contributed by atoms with van der Waals surface area (Å²) in [7, 11) is 0. The Morgan fingerprint density at radius 1 is 1.18 bits per heavy atom. The number of para-hydroxylation sites is 1. The molecule has 3 aromatic rings. The van der Waals surface area contributed by atoms with E-state index in [1.54, 1.807) is 36.4 Å². The molecule has 0 bridgehead atoms. The van der Waals surface area contributed by atoms with Crippen LogP contribution in [0.25, 0.3) is 16.5 Å². The van der Waals surface area contributed by atoms with Crippen LogP contribution in [-0.4, -0.2) is 17.5 Å². The number of hydrogen-bond donors (Lipinski definition) is 2. The Kier molecular flexibility index (Phi) is 6.45. The van der Waals surface area contributed by atoms with Gasteiger partial charge in [0.05, 0.1) is 17.0 Å². The predicted molar refractivity (Wildman–Crippen MR) is 128 cm³/mol. The summed E-state index contributed by atoms with van der Waals surface area (Å²) >= 11 is 0. The van der Waals surface area contributed by atoms with Crippen LogP contribution >= 0.6 is 0 Å². The Morgan fingerprint density at radius 2 is 1.94 bits per heavy atom. The minimum Gasteiger partial charge on any atom is -0.478 e. The Morgan fingerprint density at radius 3 is 2.68 bits per heavy atom. The van der Waals surface area contributed by atoms with Crippen LogP contribution in [0, 0.1) is 6.92 Å². The van der Waals surface area contributed by atoms with Gasteiger partial charge in [-0.2, -0.15) is 0 Å². The molecule has 1 aromatic heterocycles. The van der Waals surface area contributed by atoms with E-state index in [2.05, 4.69) is 5.32 Å². The van der Waals surface area contributed by atoms with Crippen LogP contribution in [0.2, 0.25) is 0 Å². The van der Waals surface area contributed by atoms with Gasteiger partial charge in [-0.05, 0) is 49.6 Å². The van der Waals surface area contributed by atoms with Crippen molar-refractivity contribution in [3.63, 3.8) is 0 Å². The molecule has 1 atom stereocenters. The minimum atomic E-state index is -2.56. The van der Waals surface area contributed by atoms with E-state index in [4.69, 9.17) is 4.42 Å². The van der Waals surface area contributed by atoms with Crippen molar-refractivity contribution in [1.29, 1.82) is 0 Å². The number of rotatable bonds is 6. The van der Waals surface area contributed by atoms with E-state index >= 15 is 0 Å². The second-order valence-corrected chi connectivity index (χ2v) is 8.19. The maximum Gasteiger partial charge on any atom is 0.337 e. The molecular weight excluding hydrogens is 440 g/mol. The molecule has 0 saturated carbocycles. The summed E-state index contributed by atoms with van der Waals surface area (Å²) in [6.07, 6.45) is 3.63. The lowest BCUT2D eigenvalue weighted by Gasteiger charge is -2.19. The van der Waals surface area contributed by atoms with Crippen LogP contribution in [0.3, 0.4) is 0 Å². The molecule has 2 N–H and O–H groups in total. The van der Waals surface area contributed by atoms with E-state index in [9.17, 15) is 23.5 Å². The van der Waals surface area contributed by atoms with Gasteiger partial charge in [0.15, 0.2) is 5.43 Å². The lowest BCUT2D eigenvalue weighted by Crippen LogP contribution is -2.12. The van der Waals surface area contributed by atoms with Gasteiger partial charge < -0.3 is 14.8 Å². The number of benzene rings is 2. The second kappa shape index (κ2) is 9.47. The third kappa shape index (κ3) is 4.69. The number of halogens is 2. The zero-order chi connectivity index (χ0) is 24.4. The first-order chi connectivity index (χ1) is 16.2. The molecule has 1 aliphatic carbocycles. The SMILES string of the molecule is Cc1cc(C(C)Nc2ccccc2C(=O)O)c2oc(C3=CCC(C(F)F)=CC=C3)cc(=O)c2c1. The lowest BCUT2D eigenvalue weighted by atomic mass is 10.00. The van der Waals surface area contributed by atoms with Crippen molar-refractivity contribution in [3.8, 4) is 0 Å². The molecule has 0 amide bonds. The number of hydrogen-bond acceptors (Lipinski definition) is 4. The fourth-order valence-electron chi connectivity index (χ4n) is 3.99. The minimum absolute atomic E-state index is 0.0133. The molecule has 0 saturated heterocycles. The first-order valence-electron chi connectivity index (χ1n) is 10.8. The quantitative estimate of drug-likeness (QED) is 0.436. The molecule has 34 heavy (non-hydrogen) atoms. The summed E-state index contributed by atoms with van der Waals surface area (Å²) in [6.45, 7) is 3.71. The van der Waals surface area contributed by atoms with Crippen molar-refractivity contribution in [2.75, 3.05) is 5.32 Å². The van der Waals surface area contributed by atoms with Gasteiger partial charge in [-0.25, -0.2) is 13.6 Å². The molecule has 7 heteroatoms. The molecule has 0 aliphatic heterocycles. The number of anilines is 1. The molecule has 0 spiro atoms. The molecule has 5 nitrogen and oxygen atoms in total. The highest BCUT2D eigenvalue weighted by Crippen LogP contribution is 2.31. The van der Waals surface area contributed by atoms with Crippen LogP contribution in [-0.2, 0) is 0 Å². The third-order valence-electron chi connectivity index (χ3n) is 5.71. The summed E-state index contributed by atoms with van der Waals surface area (Å²) in [5.74, 6) is -0.775. The number of allylic oxidation sites excluding steroid dienone is 6. The molecular formula is C27H23F2NO4. The standard InChI is InChI=1S/C27H23F2NO4/c1-15-12-20(16(2)30-22-9-4-3-8-19(22)27(32)33)25-21(13-15)23(31)14-24(34-25)17-6-5-7-18(11-10-17)26(28)29/h3-10,12-14,16,26,30H,11H2,1-2H3,(H,32,33). The number of carbonyl (C=O) groups is 1. The maximum absolute atomic E-state index is 13.1. The van der Waals surface area contributed by atoms with Crippen molar-refractivity contribution in [2.24, 2.45) is 0 Å². The van der Waals surface area contributed by atoms with Gasteiger partial charge in [-0.15, -0.1) is 0 Å². The molecule has 1 aliphatic rings. The topological polar surface area (TPSA) is 79.5 Å². The number of alkyl halides is 2. The average Bonchev–Trinajstić information content (AvgIpc) is 3.06. The monoisotopic (exact) mass is 463 g/mol. The summed E-state index contributed by atoms with van der Waals surface area (Å²) in [4.78, 5) is 24.6. The first kappa shape index (κ1) is 23.2. The molecule has 1 unspecified atom stereocenters. The van der Waals surface area contributed by atoms with E-state index in [0.29, 0.717) is 27.8 Å². The summed E-state index contributed by atoms with van der Waals surface area (Å²) in [5.41, 5.74) is 2.73. The zero-order valence-corrected chi connectivity index (χ0v) is 18.6. The number of carboxylic acid groups (broad SMARTS) is 1. The normalized spacial score (nSPS) is 14.5. The van der Waals surface area contributed by atoms with Crippen LogP contribution < -0.4 is 10.7 Å². The van der Waals surface area contributed by atoms with Crippen LogP contribution in [0.15, 0.2) is 81.6 Å². The molecule has 0 fully saturated rings. The first-order valence-corrected chi connectivity index (χ1v) is 10.8. The highest BCUT2D eigenvalue weighted by Gasteiger charge is 2.19. The van der Waals surface area contributed by atoms with E-state index < -0.39 is 18.4 Å². The van der Waals surface area contributed by atoms with E-state index in [1.165, 1.54) is 24.3 Å². The average molecular weight is 463 g/mol. The third-order valence-corrected chi connectivity index (χ3v) is 5.71. The molecule has 174 valence electrons. The Labute approximate surface area is 194 Å². The van der Waals surface area contributed by atoms with Crippen molar-refractivity contribution in [3.05, 3.63) is 105 Å². The number of aryl methyl sites for hydroxylation is 1. The van der Waals surface area contributed by atoms with E-state index in [0.717, 1.165) is 5.56 Å². The second-order valence-electron chi connectivity index (χ2n) is 8.19. The molecule has 1 heterocycles. The summed E-state index contributed by atoms with van der Waals surface area (Å²) in [6, 6.07) is 11.2. The van der Waals surface area contributed by atoms with Gasteiger partial charge in [0.25, 0.3) is 6.43 Å². The maximum atomic E-state index is 13.1. The van der Waals surface area contributed by atoms with E-state index in [1.807, 2.05) is 19.9 Å². The number of nitrogens with one attached hydrogen (secondary N) is 1. The number of fused-ring (bicyclic) bond motifs is 1. The highest BCUT2D eigenvalue weighted by molar-refractivity contribution is 5.94.